The zero-order valence-corrected chi connectivity index (χ0v) is 12.8. The zero-order valence-electron chi connectivity index (χ0n) is 12.0. The van der Waals surface area contributed by atoms with Crippen LogP contribution in [0.4, 0.5) is 5.69 Å². The van der Waals surface area contributed by atoms with Crippen LogP contribution in [0.3, 0.4) is 0 Å². The number of para-hydroxylation sites is 1. The number of nitrogens with one attached hydrogen (secondary N) is 1. The highest BCUT2D eigenvalue weighted by molar-refractivity contribution is 6.35. The molecule has 0 aliphatic heterocycles. The van der Waals surface area contributed by atoms with E-state index in [9.17, 15) is 0 Å². The molecule has 0 saturated heterocycles. The summed E-state index contributed by atoms with van der Waals surface area (Å²) in [5.74, 6) is 0. The van der Waals surface area contributed by atoms with E-state index in [0.29, 0.717) is 5.02 Å². The molecule has 1 N–H and O–H groups in total. The van der Waals surface area contributed by atoms with Crippen molar-refractivity contribution in [1.29, 1.82) is 0 Å². The van der Waals surface area contributed by atoms with E-state index in [1.54, 1.807) is 0 Å². The van der Waals surface area contributed by atoms with Crippen LogP contribution in [0.1, 0.15) is 39.8 Å². The molecule has 2 aromatic rings. The molecule has 1 aromatic heterocycles. The Labute approximate surface area is 120 Å². The van der Waals surface area contributed by atoms with E-state index in [4.69, 9.17) is 16.6 Å². The minimum Gasteiger partial charge on any atom is -0.384 e. The largest absolute Gasteiger partial charge is 0.384 e. The van der Waals surface area contributed by atoms with Crippen molar-refractivity contribution in [2.24, 2.45) is 0 Å². The van der Waals surface area contributed by atoms with Gasteiger partial charge in [0.05, 0.1) is 10.5 Å². The van der Waals surface area contributed by atoms with Gasteiger partial charge in [0, 0.05) is 28.7 Å². The average molecular weight is 277 g/mol. The van der Waals surface area contributed by atoms with E-state index >= 15 is 0 Å². The number of aromatic nitrogens is 1. The van der Waals surface area contributed by atoms with Crippen molar-refractivity contribution < 1.29 is 0 Å². The van der Waals surface area contributed by atoms with Gasteiger partial charge in [0.15, 0.2) is 0 Å². The molecule has 0 aliphatic carbocycles. The second kappa shape index (κ2) is 5.38. The molecule has 0 bridgehead atoms. The van der Waals surface area contributed by atoms with Crippen molar-refractivity contribution in [1.82, 2.24) is 4.98 Å². The van der Waals surface area contributed by atoms with Gasteiger partial charge in [0.25, 0.3) is 0 Å². The van der Waals surface area contributed by atoms with E-state index < -0.39 is 0 Å². The third kappa shape index (κ3) is 3.01. The Bertz CT molecular complexity index is 585. The average Bonchev–Trinajstić information content (AvgIpc) is 2.35. The number of hydrogen-bond donors (Lipinski definition) is 1. The molecule has 0 saturated carbocycles. The number of benzene rings is 1. The van der Waals surface area contributed by atoms with Gasteiger partial charge in [-0.05, 0) is 18.6 Å². The maximum Gasteiger partial charge on any atom is 0.0912 e. The monoisotopic (exact) mass is 276 g/mol. The van der Waals surface area contributed by atoms with Crippen LogP contribution in [0, 0.1) is 0 Å². The number of hydrogen-bond acceptors (Lipinski definition) is 2. The van der Waals surface area contributed by atoms with Crippen LogP contribution in [0.5, 0.6) is 0 Å². The van der Waals surface area contributed by atoms with Gasteiger partial charge in [-0.3, -0.25) is 4.98 Å². The second-order valence-electron chi connectivity index (χ2n) is 5.87. The maximum atomic E-state index is 6.29. The first kappa shape index (κ1) is 14.1. The van der Waals surface area contributed by atoms with Crippen molar-refractivity contribution in [2.45, 2.75) is 39.5 Å². The van der Waals surface area contributed by atoms with E-state index in [0.717, 1.165) is 35.2 Å². The fourth-order valence-electron chi connectivity index (χ4n) is 2.00. The summed E-state index contributed by atoms with van der Waals surface area (Å²) in [5.41, 5.74) is 3.08. The quantitative estimate of drug-likeness (QED) is 0.852. The summed E-state index contributed by atoms with van der Waals surface area (Å²) in [4.78, 5) is 4.74. The number of halogens is 1. The van der Waals surface area contributed by atoms with Crippen LogP contribution in [0.25, 0.3) is 10.9 Å². The van der Waals surface area contributed by atoms with Crippen LogP contribution < -0.4 is 5.32 Å². The molecule has 2 nitrogen and oxygen atoms in total. The summed E-state index contributed by atoms with van der Waals surface area (Å²) in [6, 6.07) is 8.08. The molecule has 19 heavy (non-hydrogen) atoms. The van der Waals surface area contributed by atoms with E-state index in [-0.39, 0.29) is 5.41 Å². The van der Waals surface area contributed by atoms with Gasteiger partial charge >= 0.3 is 0 Å². The van der Waals surface area contributed by atoms with Crippen molar-refractivity contribution in [3.8, 4) is 0 Å². The lowest BCUT2D eigenvalue weighted by Gasteiger charge is -2.20. The third-order valence-corrected chi connectivity index (χ3v) is 3.43. The van der Waals surface area contributed by atoms with Gasteiger partial charge in [-0.2, -0.15) is 0 Å². The Morgan fingerprint density at radius 1 is 1.26 bits per heavy atom. The third-order valence-electron chi connectivity index (χ3n) is 3.12. The topological polar surface area (TPSA) is 24.9 Å². The zero-order chi connectivity index (χ0) is 14.0. The predicted molar refractivity (Wildman–Crippen MR) is 84.2 cm³/mol. The van der Waals surface area contributed by atoms with Crippen LogP contribution >= 0.6 is 11.6 Å². The molecule has 0 atom stereocenters. The first-order valence-corrected chi connectivity index (χ1v) is 7.15. The summed E-state index contributed by atoms with van der Waals surface area (Å²) < 4.78 is 0. The lowest BCUT2D eigenvalue weighted by molar-refractivity contribution is 0.572. The first-order valence-electron chi connectivity index (χ1n) is 6.77. The normalized spacial score (nSPS) is 11.8. The fraction of sp³-hybridized carbons (Fsp3) is 0.438. The van der Waals surface area contributed by atoms with Crippen LogP contribution in [0.15, 0.2) is 24.3 Å². The number of anilines is 1. The van der Waals surface area contributed by atoms with Crippen LogP contribution in [-0.4, -0.2) is 11.5 Å². The standard InChI is InChI=1S/C16H21ClN2/c1-5-9-18-13-10-14(16(2,3)4)19-15-11(13)7-6-8-12(15)17/h6-8,10H,5,9H2,1-4H3,(H,18,19). The molecule has 3 heteroatoms. The molecule has 0 amide bonds. The second-order valence-corrected chi connectivity index (χ2v) is 6.28. The van der Waals surface area contributed by atoms with Crippen LogP contribution in [-0.2, 0) is 5.41 Å². The lowest BCUT2D eigenvalue weighted by Crippen LogP contribution is -2.14. The number of rotatable bonds is 3. The van der Waals surface area contributed by atoms with Crippen molar-refractivity contribution in [3.63, 3.8) is 0 Å². The predicted octanol–water partition coefficient (Wildman–Crippen LogP) is 5.01. The van der Waals surface area contributed by atoms with Gasteiger partial charge in [-0.1, -0.05) is 51.4 Å². The molecule has 0 spiro atoms. The Morgan fingerprint density at radius 3 is 2.63 bits per heavy atom. The smallest absolute Gasteiger partial charge is 0.0912 e. The van der Waals surface area contributed by atoms with Crippen molar-refractivity contribution >= 4 is 28.2 Å². The number of pyridine rings is 1. The summed E-state index contributed by atoms with van der Waals surface area (Å²) in [6.45, 7) is 9.62. The highest BCUT2D eigenvalue weighted by atomic mass is 35.5. The van der Waals surface area contributed by atoms with Gasteiger partial charge in [0.1, 0.15) is 0 Å². The summed E-state index contributed by atoms with van der Waals surface area (Å²) >= 11 is 6.29. The maximum absolute atomic E-state index is 6.29. The highest BCUT2D eigenvalue weighted by Crippen LogP contribution is 2.32. The molecule has 102 valence electrons. The molecular formula is C16H21ClN2. The minimum absolute atomic E-state index is 0.00993. The minimum atomic E-state index is 0.00993. The summed E-state index contributed by atoms with van der Waals surface area (Å²) in [7, 11) is 0. The fourth-order valence-corrected chi connectivity index (χ4v) is 2.22. The van der Waals surface area contributed by atoms with E-state index in [1.807, 2.05) is 12.1 Å². The SMILES string of the molecule is CCCNc1cc(C(C)(C)C)nc2c(Cl)cccc12. The lowest BCUT2D eigenvalue weighted by atomic mass is 9.90. The number of fused-ring (bicyclic) bond motifs is 1. The molecule has 2 rings (SSSR count). The van der Waals surface area contributed by atoms with Gasteiger partial charge in [0.2, 0.25) is 0 Å². The molecule has 0 fully saturated rings. The molecule has 0 unspecified atom stereocenters. The Hall–Kier alpha value is -1.28. The van der Waals surface area contributed by atoms with Gasteiger partial charge < -0.3 is 5.32 Å². The first-order chi connectivity index (χ1) is 8.93. The molecule has 1 aromatic carbocycles. The van der Waals surface area contributed by atoms with Gasteiger partial charge in [-0.15, -0.1) is 0 Å². The highest BCUT2D eigenvalue weighted by Gasteiger charge is 2.18. The van der Waals surface area contributed by atoms with Crippen LogP contribution in [0.2, 0.25) is 5.02 Å². The Morgan fingerprint density at radius 2 is 2.00 bits per heavy atom. The summed E-state index contributed by atoms with van der Waals surface area (Å²) in [5, 5.41) is 5.28. The molecule has 0 radical (unpaired) electrons. The van der Waals surface area contributed by atoms with E-state index in [1.165, 1.54) is 0 Å². The Kier molecular flexibility index (Phi) is 4.00. The Balaban J connectivity index is 2.66. The number of nitrogens with zero attached hydrogens (tertiary/aromatic N) is 1. The van der Waals surface area contributed by atoms with E-state index in [2.05, 4.69) is 45.1 Å². The summed E-state index contributed by atoms with van der Waals surface area (Å²) in [6.07, 6.45) is 1.09. The van der Waals surface area contributed by atoms with Crippen molar-refractivity contribution in [2.75, 3.05) is 11.9 Å². The van der Waals surface area contributed by atoms with Gasteiger partial charge in [-0.25, -0.2) is 0 Å². The molecule has 0 aliphatic rings. The molecule has 1 heterocycles. The molecular weight excluding hydrogens is 256 g/mol. The van der Waals surface area contributed by atoms with Crippen molar-refractivity contribution in [3.05, 3.63) is 35.0 Å².